The Balaban J connectivity index is 1.98. The first-order valence-corrected chi connectivity index (χ1v) is 7.50. The summed E-state index contributed by atoms with van der Waals surface area (Å²) in [5.41, 5.74) is -0.365. The van der Waals surface area contributed by atoms with Gasteiger partial charge in [-0.1, -0.05) is 11.3 Å². The third-order valence-corrected chi connectivity index (χ3v) is 3.87. The van der Waals surface area contributed by atoms with Gasteiger partial charge in [-0.2, -0.15) is 0 Å². The van der Waals surface area contributed by atoms with Gasteiger partial charge < -0.3 is 0 Å². The molecular weight excluding hydrogens is 356 g/mol. The van der Waals surface area contributed by atoms with E-state index < -0.39 is 22.4 Å². The van der Waals surface area contributed by atoms with E-state index in [-0.39, 0.29) is 16.5 Å². The van der Waals surface area contributed by atoms with Crippen LogP contribution in [0.1, 0.15) is 0 Å². The third kappa shape index (κ3) is 3.00. The smallest absolute Gasteiger partial charge is 0.269 e. The lowest BCUT2D eigenvalue weighted by Gasteiger charge is -2.13. The fraction of sp³-hybridized carbons (Fsp3) is 0. The van der Waals surface area contributed by atoms with Crippen LogP contribution in [0.2, 0.25) is 0 Å². The number of H-pyrrole nitrogens is 1. The van der Waals surface area contributed by atoms with E-state index >= 15 is 0 Å². The Morgan fingerprint density at radius 3 is 2.54 bits per heavy atom. The van der Waals surface area contributed by atoms with Crippen molar-refractivity contribution in [3.8, 4) is 0 Å². The van der Waals surface area contributed by atoms with Crippen LogP contribution in [-0.2, 0) is 9.59 Å². The number of nitro benzene ring substituents is 1. The van der Waals surface area contributed by atoms with Crippen molar-refractivity contribution in [2.75, 3.05) is 4.90 Å². The first-order valence-electron chi connectivity index (χ1n) is 6.27. The number of nitrogens with zero attached hydrogens (tertiary/aromatic N) is 5. The number of imide groups is 1. The van der Waals surface area contributed by atoms with Gasteiger partial charge in [0.25, 0.3) is 17.5 Å². The molecule has 1 N–H and O–H groups in total. The summed E-state index contributed by atoms with van der Waals surface area (Å²) < 4.78 is 0.396. The van der Waals surface area contributed by atoms with Gasteiger partial charge in [-0.25, -0.2) is 4.90 Å². The number of nitro groups is 1. The molecule has 0 unspecified atom stereocenters. The van der Waals surface area contributed by atoms with Crippen LogP contribution in [0.4, 0.5) is 22.2 Å². The third-order valence-electron chi connectivity index (χ3n) is 2.89. The van der Waals surface area contributed by atoms with Crippen molar-refractivity contribution in [3.63, 3.8) is 0 Å². The minimum Gasteiger partial charge on any atom is -0.269 e. The van der Waals surface area contributed by atoms with Crippen molar-refractivity contribution in [2.45, 2.75) is 0 Å². The van der Waals surface area contributed by atoms with E-state index in [1.54, 1.807) is 0 Å². The van der Waals surface area contributed by atoms with Gasteiger partial charge in [-0.15, -0.1) is 15.3 Å². The van der Waals surface area contributed by atoms with Crippen molar-refractivity contribution >= 4 is 57.6 Å². The second-order valence-electron chi connectivity index (χ2n) is 4.37. The molecule has 1 aromatic carbocycles. The number of anilines is 1. The molecule has 2 amide bonds. The molecule has 24 heavy (non-hydrogen) atoms. The predicted octanol–water partition coefficient (Wildman–Crippen LogP) is 2.95. The maximum atomic E-state index is 11.7. The van der Waals surface area contributed by atoms with Gasteiger partial charge in [0, 0.05) is 18.2 Å². The normalized spacial score (nSPS) is 14.1. The van der Waals surface area contributed by atoms with Crippen molar-refractivity contribution in [3.05, 3.63) is 44.4 Å². The highest BCUT2D eigenvalue weighted by Crippen LogP contribution is 2.34. The zero-order valence-electron chi connectivity index (χ0n) is 11.6. The van der Waals surface area contributed by atoms with E-state index in [9.17, 15) is 19.7 Å². The van der Waals surface area contributed by atoms with Crippen LogP contribution in [-0.4, -0.2) is 26.9 Å². The number of carbonyl (C=O) groups is 2. The van der Waals surface area contributed by atoms with Crippen molar-refractivity contribution in [1.82, 2.24) is 10.2 Å². The first-order chi connectivity index (χ1) is 11.5. The maximum absolute atomic E-state index is 11.7. The summed E-state index contributed by atoms with van der Waals surface area (Å²) in [6.07, 6.45) is 2.18. The Morgan fingerprint density at radius 1 is 1.25 bits per heavy atom. The highest BCUT2D eigenvalue weighted by Gasteiger charge is 2.27. The van der Waals surface area contributed by atoms with Crippen molar-refractivity contribution in [2.24, 2.45) is 10.2 Å². The summed E-state index contributed by atoms with van der Waals surface area (Å²) in [5, 5.41) is 25.3. The number of aromatic nitrogens is 2. The fourth-order valence-electron chi connectivity index (χ4n) is 1.90. The van der Waals surface area contributed by atoms with Gasteiger partial charge in [0.1, 0.15) is 0 Å². The van der Waals surface area contributed by atoms with Gasteiger partial charge in [0.2, 0.25) is 5.13 Å². The van der Waals surface area contributed by atoms with Crippen molar-refractivity contribution in [1.29, 1.82) is 0 Å². The monoisotopic (exact) mass is 362 g/mol. The lowest BCUT2D eigenvalue weighted by molar-refractivity contribution is -0.384. The molecule has 0 aliphatic carbocycles. The average molecular weight is 362 g/mol. The molecule has 1 aromatic heterocycles. The van der Waals surface area contributed by atoms with E-state index in [1.165, 1.54) is 12.1 Å². The molecule has 120 valence electrons. The molecule has 0 radical (unpaired) electrons. The average Bonchev–Trinajstić information content (AvgIpc) is 3.11. The molecular formula is C12H6N6O4S2. The van der Waals surface area contributed by atoms with Crippen LogP contribution in [0.15, 0.2) is 40.6 Å². The molecule has 0 fully saturated rings. The molecule has 0 atom stereocenters. The minimum absolute atomic E-state index is 0.0445. The van der Waals surface area contributed by atoms with Crippen LogP contribution in [0, 0.1) is 14.1 Å². The van der Waals surface area contributed by atoms with Gasteiger partial charge in [0.15, 0.2) is 9.64 Å². The Bertz CT molecular complexity index is 958. The molecule has 10 nitrogen and oxygen atoms in total. The molecule has 1 aliphatic rings. The molecule has 3 rings (SSSR count). The quantitative estimate of drug-likeness (QED) is 0.292. The van der Waals surface area contributed by atoms with Gasteiger partial charge in [-0.3, -0.25) is 24.8 Å². The number of carbonyl (C=O) groups excluding carboxylic acids is 2. The number of nitrogens with one attached hydrogen (secondary N) is 1. The number of hydrogen-bond acceptors (Lipinski definition) is 9. The van der Waals surface area contributed by atoms with E-state index in [1.807, 2.05) is 0 Å². The fourth-order valence-corrected chi connectivity index (χ4v) is 2.60. The first kappa shape index (κ1) is 15.8. The SMILES string of the molecule is O=C1C=CC(=O)N1c1ccc(N=Nc2n[nH]c(=S)s2)c([N+](=O)[O-])c1. The summed E-state index contributed by atoms with van der Waals surface area (Å²) in [6.45, 7) is 0. The zero-order chi connectivity index (χ0) is 17.3. The highest BCUT2D eigenvalue weighted by molar-refractivity contribution is 7.73. The summed E-state index contributed by atoms with van der Waals surface area (Å²) >= 11 is 5.90. The number of amides is 2. The second kappa shape index (κ2) is 6.17. The van der Waals surface area contributed by atoms with Crippen LogP contribution >= 0.6 is 23.6 Å². The largest absolute Gasteiger partial charge is 0.298 e. The molecule has 0 saturated heterocycles. The number of azo groups is 1. The van der Waals surface area contributed by atoms with Gasteiger partial charge in [-0.05, 0) is 24.4 Å². The minimum atomic E-state index is -0.678. The molecule has 2 heterocycles. The molecule has 2 aromatic rings. The van der Waals surface area contributed by atoms with Crippen LogP contribution < -0.4 is 4.90 Å². The predicted molar refractivity (Wildman–Crippen MR) is 86.2 cm³/mol. The number of aromatic amines is 1. The molecule has 0 spiro atoms. The summed E-state index contributed by atoms with van der Waals surface area (Å²) in [4.78, 5) is 34.7. The molecule has 12 heteroatoms. The van der Waals surface area contributed by atoms with E-state index in [0.717, 1.165) is 34.5 Å². The highest BCUT2D eigenvalue weighted by atomic mass is 32.1. The Morgan fingerprint density at radius 2 is 1.96 bits per heavy atom. The van der Waals surface area contributed by atoms with E-state index in [2.05, 4.69) is 20.4 Å². The summed E-state index contributed by atoms with van der Waals surface area (Å²) in [7, 11) is 0. The Labute approximate surface area is 142 Å². The number of benzene rings is 1. The lowest BCUT2D eigenvalue weighted by Crippen LogP contribution is -2.29. The maximum Gasteiger partial charge on any atom is 0.298 e. The topological polar surface area (TPSA) is 134 Å². The number of hydrogen-bond donors (Lipinski definition) is 1. The summed E-state index contributed by atoms with van der Waals surface area (Å²) in [6, 6.07) is 3.75. The zero-order valence-corrected chi connectivity index (χ0v) is 13.2. The van der Waals surface area contributed by atoms with Crippen LogP contribution in [0.3, 0.4) is 0 Å². The standard InChI is InChI=1S/C12H6N6O4S2/c19-9-3-4-10(20)17(9)6-1-2-7(8(5-6)18(21)22)13-14-11-15-16-12(23)24-11/h1-5H,(H,16,23). The van der Waals surface area contributed by atoms with Crippen LogP contribution in [0.5, 0.6) is 0 Å². The van der Waals surface area contributed by atoms with Gasteiger partial charge >= 0.3 is 0 Å². The van der Waals surface area contributed by atoms with Crippen LogP contribution in [0.25, 0.3) is 0 Å². The van der Waals surface area contributed by atoms with E-state index in [0.29, 0.717) is 3.95 Å². The molecule has 1 aliphatic heterocycles. The molecule has 0 bridgehead atoms. The molecule has 0 saturated carbocycles. The van der Waals surface area contributed by atoms with Gasteiger partial charge in [0.05, 0.1) is 10.6 Å². The second-order valence-corrected chi connectivity index (χ2v) is 6.02. The Hall–Kier alpha value is -3.12. The Kier molecular flexibility index (Phi) is 4.05. The van der Waals surface area contributed by atoms with E-state index in [4.69, 9.17) is 12.2 Å². The lowest BCUT2D eigenvalue weighted by atomic mass is 10.2. The number of rotatable bonds is 4. The summed E-state index contributed by atoms with van der Waals surface area (Å²) in [5.74, 6) is -1.14. The van der Waals surface area contributed by atoms with Crippen molar-refractivity contribution < 1.29 is 14.5 Å².